The summed E-state index contributed by atoms with van der Waals surface area (Å²) in [7, 11) is 2.11. The maximum absolute atomic E-state index is 12.9. The molecular weight excluding hydrogens is 392 g/mol. The standard InChI is InChI=1S/C23H32N6O2/c1-28-8-10-29(11-9-28)14-21(30)24-16-6-7-19-17(13-16)23(31)27-22(26-19)20-12-15-4-2-3-5-18(15)25-20/h2-5,12,16-17,19,22,25-26H,6-11,13-14H2,1H3,(H,24,30)(H,27,31). The summed E-state index contributed by atoms with van der Waals surface area (Å²) in [5, 5.41) is 11.1. The Morgan fingerprint density at radius 1 is 1.16 bits per heavy atom. The summed E-state index contributed by atoms with van der Waals surface area (Å²) in [6, 6.07) is 10.4. The highest BCUT2D eigenvalue weighted by Crippen LogP contribution is 2.31. The van der Waals surface area contributed by atoms with E-state index in [1.165, 1.54) is 0 Å². The van der Waals surface area contributed by atoms with Gasteiger partial charge in [0, 0.05) is 43.8 Å². The van der Waals surface area contributed by atoms with E-state index in [1.807, 2.05) is 18.2 Å². The molecule has 8 heteroatoms. The fourth-order valence-corrected chi connectivity index (χ4v) is 5.20. The number of hydrogen-bond donors (Lipinski definition) is 4. The Balaban J connectivity index is 1.16. The third-order valence-corrected chi connectivity index (χ3v) is 7.04. The zero-order chi connectivity index (χ0) is 21.4. The number of nitrogens with one attached hydrogen (secondary N) is 4. The first-order chi connectivity index (χ1) is 15.0. The lowest BCUT2D eigenvalue weighted by Crippen LogP contribution is -2.60. The number of carbonyl (C=O) groups excluding carboxylic acids is 2. The highest BCUT2D eigenvalue weighted by atomic mass is 16.2. The summed E-state index contributed by atoms with van der Waals surface area (Å²) in [5.41, 5.74) is 2.05. The molecule has 1 aromatic carbocycles. The van der Waals surface area contributed by atoms with Crippen molar-refractivity contribution < 1.29 is 9.59 Å². The predicted octanol–water partition coefficient (Wildman–Crippen LogP) is 0.787. The minimum atomic E-state index is -0.204. The number of nitrogens with zero attached hydrogens (tertiary/aromatic N) is 2. The number of H-pyrrole nitrogens is 1. The Bertz CT molecular complexity index is 917. The van der Waals surface area contributed by atoms with Crippen molar-refractivity contribution in [3.63, 3.8) is 0 Å². The van der Waals surface area contributed by atoms with Crippen LogP contribution in [-0.4, -0.2) is 78.5 Å². The Hall–Kier alpha value is -2.42. The van der Waals surface area contributed by atoms with Gasteiger partial charge in [0.2, 0.25) is 11.8 Å². The Morgan fingerprint density at radius 2 is 1.97 bits per heavy atom. The normalized spacial score (nSPS) is 30.0. The molecule has 4 atom stereocenters. The molecule has 4 unspecified atom stereocenters. The lowest BCUT2D eigenvalue weighted by Gasteiger charge is -2.42. The molecule has 3 heterocycles. The summed E-state index contributed by atoms with van der Waals surface area (Å²) in [6.45, 7) is 4.32. The van der Waals surface area contributed by atoms with Crippen LogP contribution in [0.3, 0.4) is 0 Å². The smallest absolute Gasteiger partial charge is 0.234 e. The first kappa shape index (κ1) is 20.5. The molecule has 0 spiro atoms. The fraction of sp³-hybridized carbons (Fsp3) is 0.565. The monoisotopic (exact) mass is 424 g/mol. The van der Waals surface area contributed by atoms with E-state index < -0.39 is 0 Å². The zero-order valence-electron chi connectivity index (χ0n) is 18.1. The quantitative estimate of drug-likeness (QED) is 0.582. The molecule has 0 radical (unpaired) electrons. The molecule has 2 aliphatic heterocycles. The van der Waals surface area contributed by atoms with Gasteiger partial charge in [-0.25, -0.2) is 0 Å². The number of aromatic amines is 1. The lowest BCUT2D eigenvalue weighted by atomic mass is 9.79. The van der Waals surface area contributed by atoms with E-state index in [9.17, 15) is 9.59 Å². The van der Waals surface area contributed by atoms with E-state index in [4.69, 9.17) is 0 Å². The van der Waals surface area contributed by atoms with Gasteiger partial charge in [-0.3, -0.25) is 19.8 Å². The molecular formula is C23H32N6O2. The molecule has 166 valence electrons. The summed E-state index contributed by atoms with van der Waals surface area (Å²) >= 11 is 0. The van der Waals surface area contributed by atoms with Crippen molar-refractivity contribution in [1.82, 2.24) is 30.7 Å². The second kappa shape index (κ2) is 8.61. The van der Waals surface area contributed by atoms with Gasteiger partial charge in [0.25, 0.3) is 0 Å². The maximum atomic E-state index is 12.9. The number of amides is 2. The van der Waals surface area contributed by atoms with Crippen LogP contribution in [0.15, 0.2) is 30.3 Å². The minimum Gasteiger partial charge on any atom is -0.356 e. The summed E-state index contributed by atoms with van der Waals surface area (Å²) in [6.07, 6.45) is 2.27. The number of carbonyl (C=O) groups is 2. The maximum Gasteiger partial charge on any atom is 0.234 e. The van der Waals surface area contributed by atoms with E-state index >= 15 is 0 Å². The number of aromatic nitrogens is 1. The second-order valence-corrected chi connectivity index (χ2v) is 9.29. The number of likely N-dealkylation sites (N-methyl/N-ethyl adjacent to an activating group) is 1. The number of benzene rings is 1. The van der Waals surface area contributed by atoms with E-state index in [1.54, 1.807) is 0 Å². The molecule has 5 rings (SSSR count). The average Bonchev–Trinajstić information content (AvgIpc) is 3.20. The molecule has 2 saturated heterocycles. The summed E-state index contributed by atoms with van der Waals surface area (Å²) in [4.78, 5) is 33.4. The van der Waals surface area contributed by atoms with E-state index in [2.05, 4.69) is 49.9 Å². The fourth-order valence-electron chi connectivity index (χ4n) is 5.20. The van der Waals surface area contributed by atoms with Crippen molar-refractivity contribution in [2.24, 2.45) is 5.92 Å². The Morgan fingerprint density at radius 3 is 2.77 bits per heavy atom. The van der Waals surface area contributed by atoms with Gasteiger partial charge in [0.05, 0.1) is 18.2 Å². The third-order valence-electron chi connectivity index (χ3n) is 7.04. The van der Waals surface area contributed by atoms with Crippen LogP contribution in [0, 0.1) is 5.92 Å². The number of piperazine rings is 1. The first-order valence-electron chi connectivity index (χ1n) is 11.4. The van der Waals surface area contributed by atoms with Gasteiger partial charge in [-0.2, -0.15) is 0 Å². The Labute approximate surface area is 182 Å². The molecule has 1 saturated carbocycles. The van der Waals surface area contributed by atoms with E-state index in [0.29, 0.717) is 13.0 Å². The van der Waals surface area contributed by atoms with E-state index in [0.717, 1.165) is 55.6 Å². The van der Waals surface area contributed by atoms with Crippen LogP contribution in [0.4, 0.5) is 0 Å². The summed E-state index contributed by atoms with van der Waals surface area (Å²) < 4.78 is 0. The number of para-hydroxylation sites is 1. The molecule has 4 N–H and O–H groups in total. The van der Waals surface area contributed by atoms with Gasteiger partial charge in [-0.15, -0.1) is 0 Å². The third kappa shape index (κ3) is 4.46. The van der Waals surface area contributed by atoms with E-state index in [-0.39, 0.29) is 36.0 Å². The largest absolute Gasteiger partial charge is 0.356 e. The van der Waals surface area contributed by atoms with Gasteiger partial charge < -0.3 is 20.5 Å². The van der Waals surface area contributed by atoms with Crippen molar-refractivity contribution in [1.29, 1.82) is 0 Å². The topological polar surface area (TPSA) is 92.5 Å². The van der Waals surface area contributed by atoms with Crippen LogP contribution in [-0.2, 0) is 9.59 Å². The molecule has 0 bridgehead atoms. The van der Waals surface area contributed by atoms with Crippen LogP contribution in [0.2, 0.25) is 0 Å². The predicted molar refractivity (Wildman–Crippen MR) is 119 cm³/mol. The second-order valence-electron chi connectivity index (χ2n) is 9.29. The van der Waals surface area contributed by atoms with Gasteiger partial charge >= 0.3 is 0 Å². The van der Waals surface area contributed by atoms with Crippen molar-refractivity contribution in [3.8, 4) is 0 Å². The van der Waals surface area contributed by atoms with Gasteiger partial charge in [-0.05, 0) is 43.8 Å². The average molecular weight is 425 g/mol. The van der Waals surface area contributed by atoms with Gasteiger partial charge in [0.1, 0.15) is 6.17 Å². The molecule has 1 aromatic heterocycles. The van der Waals surface area contributed by atoms with Crippen LogP contribution in [0.1, 0.15) is 31.1 Å². The Kier molecular flexibility index (Phi) is 5.69. The van der Waals surface area contributed by atoms with Crippen LogP contribution >= 0.6 is 0 Å². The molecule has 3 aliphatic rings. The molecule has 1 aliphatic carbocycles. The van der Waals surface area contributed by atoms with Gasteiger partial charge in [0.15, 0.2) is 0 Å². The lowest BCUT2D eigenvalue weighted by molar-refractivity contribution is -0.132. The van der Waals surface area contributed by atoms with Crippen molar-refractivity contribution in [2.75, 3.05) is 39.8 Å². The molecule has 31 heavy (non-hydrogen) atoms. The van der Waals surface area contributed by atoms with Crippen molar-refractivity contribution in [2.45, 2.75) is 37.5 Å². The molecule has 2 aromatic rings. The highest BCUT2D eigenvalue weighted by molar-refractivity contribution is 5.83. The number of rotatable bonds is 4. The number of hydrogen-bond acceptors (Lipinski definition) is 5. The number of fused-ring (bicyclic) bond motifs is 2. The molecule has 8 nitrogen and oxygen atoms in total. The van der Waals surface area contributed by atoms with Crippen molar-refractivity contribution in [3.05, 3.63) is 36.0 Å². The minimum absolute atomic E-state index is 0.0680. The van der Waals surface area contributed by atoms with Crippen LogP contribution < -0.4 is 16.0 Å². The zero-order valence-corrected chi connectivity index (χ0v) is 18.1. The van der Waals surface area contributed by atoms with Crippen molar-refractivity contribution >= 4 is 22.7 Å². The molecule has 2 amide bonds. The summed E-state index contributed by atoms with van der Waals surface area (Å²) in [5.74, 6) is 0.0434. The highest BCUT2D eigenvalue weighted by Gasteiger charge is 2.41. The SMILES string of the molecule is CN1CCN(CC(=O)NC2CCC3NC(c4cc5ccccc5[nH]4)NC(=O)C3C2)CC1. The first-order valence-corrected chi connectivity index (χ1v) is 11.4. The molecule has 3 fully saturated rings. The van der Waals surface area contributed by atoms with Crippen LogP contribution in [0.5, 0.6) is 0 Å². The van der Waals surface area contributed by atoms with Crippen LogP contribution in [0.25, 0.3) is 10.9 Å². The van der Waals surface area contributed by atoms with Gasteiger partial charge in [-0.1, -0.05) is 18.2 Å².